The largest absolute Gasteiger partial charge is 0.493 e. The van der Waals surface area contributed by atoms with Gasteiger partial charge in [0.15, 0.2) is 17.5 Å². The molecular formula is C23H35N5O2S. The van der Waals surface area contributed by atoms with Gasteiger partial charge in [-0.25, -0.2) is 4.98 Å². The normalized spacial score (nSPS) is 15.8. The molecule has 0 spiro atoms. The summed E-state index contributed by atoms with van der Waals surface area (Å²) in [5.41, 5.74) is 8.45. The SMILES string of the molecule is CCc1nc(CN2CCC(CN=C(N)NCCc3ccc(OC)c(OC)c3)CC2)cs1. The summed E-state index contributed by atoms with van der Waals surface area (Å²) < 4.78 is 10.6. The molecule has 1 aromatic carbocycles. The van der Waals surface area contributed by atoms with Crippen molar-refractivity contribution >= 4 is 17.3 Å². The van der Waals surface area contributed by atoms with Crippen LogP contribution >= 0.6 is 11.3 Å². The zero-order valence-corrected chi connectivity index (χ0v) is 19.7. The van der Waals surface area contributed by atoms with Crippen molar-refractivity contribution in [3.63, 3.8) is 0 Å². The molecule has 1 saturated heterocycles. The number of nitrogens with one attached hydrogen (secondary N) is 1. The molecule has 3 rings (SSSR count). The molecule has 170 valence electrons. The molecule has 1 aliphatic rings. The number of likely N-dealkylation sites (tertiary alicyclic amines) is 1. The minimum Gasteiger partial charge on any atom is -0.493 e. The van der Waals surface area contributed by atoms with Gasteiger partial charge in [0.25, 0.3) is 0 Å². The summed E-state index contributed by atoms with van der Waals surface area (Å²) >= 11 is 1.77. The molecule has 3 N–H and O–H groups in total. The van der Waals surface area contributed by atoms with Crippen LogP contribution in [0.3, 0.4) is 0 Å². The fraction of sp³-hybridized carbons (Fsp3) is 0.565. The van der Waals surface area contributed by atoms with Crippen molar-refractivity contribution in [2.45, 2.75) is 39.2 Å². The number of methoxy groups -OCH3 is 2. The minimum atomic E-state index is 0.525. The van der Waals surface area contributed by atoms with E-state index in [2.05, 4.69) is 32.5 Å². The van der Waals surface area contributed by atoms with E-state index in [1.165, 1.54) is 10.7 Å². The average Bonchev–Trinajstić information content (AvgIpc) is 3.26. The van der Waals surface area contributed by atoms with Crippen molar-refractivity contribution in [1.82, 2.24) is 15.2 Å². The van der Waals surface area contributed by atoms with Crippen molar-refractivity contribution < 1.29 is 9.47 Å². The third-order valence-electron chi connectivity index (χ3n) is 5.68. The van der Waals surface area contributed by atoms with E-state index in [0.29, 0.717) is 11.9 Å². The number of aliphatic imine (C=N–C) groups is 1. The maximum absolute atomic E-state index is 6.08. The zero-order valence-electron chi connectivity index (χ0n) is 18.9. The van der Waals surface area contributed by atoms with Gasteiger partial charge < -0.3 is 20.5 Å². The Morgan fingerprint density at radius 2 is 2.03 bits per heavy atom. The predicted molar refractivity (Wildman–Crippen MR) is 127 cm³/mol. The van der Waals surface area contributed by atoms with E-state index >= 15 is 0 Å². The molecule has 1 fully saturated rings. The number of hydrogen-bond acceptors (Lipinski definition) is 6. The Morgan fingerprint density at radius 1 is 1.26 bits per heavy atom. The van der Waals surface area contributed by atoms with Gasteiger partial charge in [-0.1, -0.05) is 13.0 Å². The number of benzene rings is 1. The standard InChI is InChI=1S/C23H35N5O2S/c1-4-22-27-19(16-31-22)15-28-11-8-18(9-12-28)14-26-23(24)25-10-7-17-5-6-20(29-2)21(13-17)30-3/h5-6,13,16,18H,4,7-12,14-15H2,1-3H3,(H3,24,25,26). The minimum absolute atomic E-state index is 0.525. The van der Waals surface area contributed by atoms with Crippen molar-refractivity contribution in [3.05, 3.63) is 39.8 Å². The van der Waals surface area contributed by atoms with Crippen molar-refractivity contribution in [2.75, 3.05) is 40.4 Å². The first kappa shape index (κ1) is 23.3. The fourth-order valence-corrected chi connectivity index (χ4v) is 4.53. The Morgan fingerprint density at radius 3 is 2.71 bits per heavy atom. The second-order valence-corrected chi connectivity index (χ2v) is 8.84. The summed E-state index contributed by atoms with van der Waals surface area (Å²) in [6.07, 6.45) is 4.18. The lowest BCUT2D eigenvalue weighted by molar-refractivity contribution is 0.179. The van der Waals surface area contributed by atoms with Gasteiger partial charge >= 0.3 is 0 Å². The highest BCUT2D eigenvalue weighted by Gasteiger charge is 2.19. The van der Waals surface area contributed by atoms with Gasteiger partial charge in [0.05, 0.1) is 24.9 Å². The Kier molecular flexibility index (Phi) is 8.97. The molecule has 0 atom stereocenters. The highest BCUT2D eigenvalue weighted by molar-refractivity contribution is 7.09. The molecule has 0 saturated carbocycles. The summed E-state index contributed by atoms with van der Waals surface area (Å²) in [5, 5.41) is 6.65. The van der Waals surface area contributed by atoms with Gasteiger partial charge in [-0.2, -0.15) is 0 Å². The number of thiazole rings is 1. The van der Waals surface area contributed by atoms with E-state index in [9.17, 15) is 0 Å². The monoisotopic (exact) mass is 445 g/mol. The Bertz CT molecular complexity index is 846. The van der Waals surface area contributed by atoms with Gasteiger partial charge in [0, 0.05) is 25.0 Å². The van der Waals surface area contributed by atoms with Crippen LogP contribution in [0.15, 0.2) is 28.6 Å². The highest BCUT2D eigenvalue weighted by Crippen LogP contribution is 2.27. The third-order valence-corrected chi connectivity index (χ3v) is 6.72. The van der Waals surface area contributed by atoms with E-state index in [1.807, 2.05) is 18.2 Å². The summed E-state index contributed by atoms with van der Waals surface area (Å²) in [6, 6.07) is 5.96. The van der Waals surface area contributed by atoms with Crippen LogP contribution in [0.4, 0.5) is 0 Å². The number of ether oxygens (including phenoxy) is 2. The second kappa shape index (κ2) is 11.9. The molecule has 7 nitrogen and oxygen atoms in total. The lowest BCUT2D eigenvalue weighted by Crippen LogP contribution is -2.36. The van der Waals surface area contributed by atoms with Crippen LogP contribution in [0.25, 0.3) is 0 Å². The summed E-state index contributed by atoms with van der Waals surface area (Å²) in [5.74, 6) is 2.61. The van der Waals surface area contributed by atoms with Crippen LogP contribution in [0.1, 0.15) is 36.0 Å². The highest BCUT2D eigenvalue weighted by atomic mass is 32.1. The van der Waals surface area contributed by atoms with Crippen LogP contribution in [-0.2, 0) is 19.4 Å². The van der Waals surface area contributed by atoms with Gasteiger partial charge in [-0.15, -0.1) is 11.3 Å². The molecule has 1 aliphatic heterocycles. The van der Waals surface area contributed by atoms with Crippen molar-refractivity contribution in [1.29, 1.82) is 0 Å². The molecule has 0 bridgehead atoms. The molecule has 2 aromatic rings. The van der Waals surface area contributed by atoms with Gasteiger partial charge in [-0.05, 0) is 62.4 Å². The van der Waals surface area contributed by atoms with Crippen LogP contribution in [0.2, 0.25) is 0 Å². The first-order valence-corrected chi connectivity index (χ1v) is 11.9. The molecule has 2 heterocycles. The molecule has 31 heavy (non-hydrogen) atoms. The van der Waals surface area contributed by atoms with E-state index in [0.717, 1.165) is 75.5 Å². The van der Waals surface area contributed by atoms with Crippen LogP contribution in [-0.4, -0.2) is 56.2 Å². The number of hydrogen-bond donors (Lipinski definition) is 2. The molecule has 0 aliphatic carbocycles. The topological polar surface area (TPSA) is 85.0 Å². The van der Waals surface area contributed by atoms with E-state index in [1.54, 1.807) is 25.6 Å². The molecule has 0 amide bonds. The summed E-state index contributed by atoms with van der Waals surface area (Å²) in [7, 11) is 3.29. The maximum atomic E-state index is 6.08. The second-order valence-electron chi connectivity index (χ2n) is 7.90. The Hall–Kier alpha value is -2.32. The molecule has 8 heteroatoms. The smallest absolute Gasteiger partial charge is 0.188 e. The maximum Gasteiger partial charge on any atom is 0.188 e. The van der Waals surface area contributed by atoms with Gasteiger partial charge in [-0.3, -0.25) is 9.89 Å². The van der Waals surface area contributed by atoms with E-state index < -0.39 is 0 Å². The predicted octanol–water partition coefficient (Wildman–Crippen LogP) is 3.08. The van der Waals surface area contributed by atoms with Crippen LogP contribution < -0.4 is 20.5 Å². The third kappa shape index (κ3) is 7.11. The van der Waals surface area contributed by atoms with Crippen LogP contribution in [0.5, 0.6) is 11.5 Å². The van der Waals surface area contributed by atoms with E-state index in [-0.39, 0.29) is 0 Å². The zero-order chi connectivity index (χ0) is 22.1. The average molecular weight is 446 g/mol. The number of guanidine groups is 1. The van der Waals surface area contributed by atoms with Crippen molar-refractivity contribution in [3.8, 4) is 11.5 Å². The molecule has 0 radical (unpaired) electrons. The number of nitrogens with two attached hydrogens (primary N) is 1. The lowest BCUT2D eigenvalue weighted by atomic mass is 9.97. The molecular weight excluding hydrogens is 410 g/mol. The fourth-order valence-electron chi connectivity index (χ4n) is 3.79. The number of nitrogens with zero attached hydrogens (tertiary/aromatic N) is 3. The number of rotatable bonds is 10. The lowest BCUT2D eigenvalue weighted by Gasteiger charge is -2.30. The number of aromatic nitrogens is 1. The van der Waals surface area contributed by atoms with E-state index in [4.69, 9.17) is 15.2 Å². The Labute approximate surface area is 189 Å². The first-order chi connectivity index (χ1) is 15.1. The van der Waals surface area contributed by atoms with Gasteiger partial charge in [0.2, 0.25) is 0 Å². The molecule has 0 unspecified atom stereocenters. The van der Waals surface area contributed by atoms with Crippen molar-refractivity contribution in [2.24, 2.45) is 16.6 Å². The quantitative estimate of drug-likeness (QED) is 0.432. The number of aryl methyl sites for hydroxylation is 1. The number of piperidine rings is 1. The van der Waals surface area contributed by atoms with Gasteiger partial charge in [0.1, 0.15) is 0 Å². The van der Waals surface area contributed by atoms with Crippen LogP contribution in [0, 0.1) is 5.92 Å². The molecule has 1 aromatic heterocycles. The first-order valence-electron chi connectivity index (χ1n) is 11.0. The Balaban J connectivity index is 1.35. The summed E-state index contributed by atoms with van der Waals surface area (Å²) in [4.78, 5) is 11.8. The summed E-state index contributed by atoms with van der Waals surface area (Å²) in [6.45, 7) is 6.85.